The summed E-state index contributed by atoms with van der Waals surface area (Å²) in [7, 11) is 0. The fourth-order valence-electron chi connectivity index (χ4n) is 0.713. The van der Waals surface area contributed by atoms with Gasteiger partial charge in [-0.25, -0.2) is 0 Å². The van der Waals surface area contributed by atoms with Crippen LogP contribution in [-0.2, 0) is 0 Å². The normalized spacial score (nSPS) is 11.8. The van der Waals surface area contributed by atoms with E-state index in [9.17, 15) is 0 Å². The molecule has 0 bridgehead atoms. The second kappa shape index (κ2) is 5.04. The molecular formula is C9H14O. The zero-order chi connectivity index (χ0) is 7.98. The van der Waals surface area contributed by atoms with Crippen LogP contribution in [0, 0.1) is 5.92 Å². The van der Waals surface area contributed by atoms with Crippen molar-refractivity contribution in [2.24, 2.45) is 5.92 Å². The second-order valence-corrected chi connectivity index (χ2v) is 2.28. The summed E-state index contributed by atoms with van der Waals surface area (Å²) in [6, 6.07) is 0. The van der Waals surface area contributed by atoms with Gasteiger partial charge in [-0.2, -0.15) is 0 Å². The van der Waals surface area contributed by atoms with Crippen LogP contribution in [0.3, 0.4) is 0 Å². The largest absolute Gasteiger partial charge is 0.396 e. The first-order chi connectivity index (χ1) is 4.76. The molecule has 1 N–H and O–H groups in total. The fraction of sp³-hybridized carbons (Fsp3) is 0.444. The first-order valence-electron chi connectivity index (χ1n) is 3.36. The van der Waals surface area contributed by atoms with Gasteiger partial charge in [0, 0.05) is 12.5 Å². The summed E-state index contributed by atoms with van der Waals surface area (Å²) in [4.78, 5) is 0. The summed E-state index contributed by atoms with van der Waals surface area (Å²) in [6.45, 7) is 9.22. The lowest BCUT2D eigenvalue weighted by Gasteiger charge is -2.07. The summed E-state index contributed by atoms with van der Waals surface area (Å²) < 4.78 is 0. The molecule has 0 aromatic heterocycles. The zero-order valence-corrected chi connectivity index (χ0v) is 6.43. The fourth-order valence-corrected chi connectivity index (χ4v) is 0.713. The Morgan fingerprint density at radius 1 is 1.80 bits per heavy atom. The van der Waals surface area contributed by atoms with E-state index in [1.54, 1.807) is 6.08 Å². The van der Waals surface area contributed by atoms with Crippen LogP contribution in [-0.4, -0.2) is 11.7 Å². The van der Waals surface area contributed by atoms with Crippen molar-refractivity contribution in [1.82, 2.24) is 0 Å². The van der Waals surface area contributed by atoms with Gasteiger partial charge in [0.05, 0.1) is 0 Å². The molecule has 0 amide bonds. The van der Waals surface area contributed by atoms with Gasteiger partial charge in [0.2, 0.25) is 0 Å². The zero-order valence-electron chi connectivity index (χ0n) is 6.43. The Morgan fingerprint density at radius 2 is 2.40 bits per heavy atom. The van der Waals surface area contributed by atoms with Gasteiger partial charge in [0.15, 0.2) is 0 Å². The Bertz CT molecular complexity index is 152. The highest BCUT2D eigenvalue weighted by Gasteiger charge is 2.03. The molecular weight excluding hydrogens is 124 g/mol. The third kappa shape index (κ3) is 2.67. The highest BCUT2D eigenvalue weighted by Crippen LogP contribution is 2.11. The summed E-state index contributed by atoms with van der Waals surface area (Å²) in [5, 5.41) is 8.74. The van der Waals surface area contributed by atoms with E-state index >= 15 is 0 Å². The van der Waals surface area contributed by atoms with E-state index in [-0.39, 0.29) is 12.5 Å². The molecule has 1 nitrogen and oxygen atoms in total. The van der Waals surface area contributed by atoms with Gasteiger partial charge in [-0.15, -0.1) is 12.3 Å². The van der Waals surface area contributed by atoms with Gasteiger partial charge in [0.25, 0.3) is 0 Å². The average Bonchev–Trinajstić information content (AvgIpc) is 1.99. The maximum Gasteiger partial charge on any atom is 0.0500 e. The van der Waals surface area contributed by atoms with Crippen molar-refractivity contribution in [3.05, 3.63) is 30.5 Å². The summed E-state index contributed by atoms with van der Waals surface area (Å²) >= 11 is 0. The first kappa shape index (κ1) is 9.22. The Hall–Kier alpha value is -0.780. The van der Waals surface area contributed by atoms with Crippen LogP contribution in [0.1, 0.15) is 13.3 Å². The third-order valence-electron chi connectivity index (χ3n) is 1.46. The predicted molar refractivity (Wildman–Crippen MR) is 43.7 cm³/mol. The smallest absolute Gasteiger partial charge is 0.0500 e. The van der Waals surface area contributed by atoms with Crippen molar-refractivity contribution in [2.45, 2.75) is 13.3 Å². The van der Waals surface area contributed by atoms with Crippen LogP contribution in [0.4, 0.5) is 0 Å². The SMILES string of the molecule is C=C=C(CC=C)C(C)CO. The van der Waals surface area contributed by atoms with E-state index < -0.39 is 0 Å². The highest BCUT2D eigenvalue weighted by molar-refractivity contribution is 5.07. The van der Waals surface area contributed by atoms with Crippen molar-refractivity contribution in [3.8, 4) is 0 Å². The highest BCUT2D eigenvalue weighted by atomic mass is 16.3. The molecule has 0 fully saturated rings. The lowest BCUT2D eigenvalue weighted by Crippen LogP contribution is -2.02. The number of aliphatic hydroxyl groups excluding tert-OH is 1. The topological polar surface area (TPSA) is 20.2 Å². The summed E-state index contributed by atoms with van der Waals surface area (Å²) in [5.41, 5.74) is 3.81. The molecule has 0 heterocycles. The van der Waals surface area contributed by atoms with E-state index in [4.69, 9.17) is 5.11 Å². The first-order valence-corrected chi connectivity index (χ1v) is 3.36. The van der Waals surface area contributed by atoms with Crippen LogP contribution < -0.4 is 0 Å². The number of hydrogen-bond acceptors (Lipinski definition) is 1. The van der Waals surface area contributed by atoms with Crippen LogP contribution in [0.15, 0.2) is 30.5 Å². The Balaban J connectivity index is 4.07. The Kier molecular flexibility index (Phi) is 4.65. The minimum absolute atomic E-state index is 0.158. The third-order valence-corrected chi connectivity index (χ3v) is 1.46. The van der Waals surface area contributed by atoms with Gasteiger partial charge < -0.3 is 5.11 Å². The van der Waals surface area contributed by atoms with Crippen molar-refractivity contribution < 1.29 is 5.11 Å². The lowest BCUT2D eigenvalue weighted by atomic mass is 10.0. The molecule has 0 aliphatic heterocycles. The van der Waals surface area contributed by atoms with E-state index in [1.807, 2.05) is 6.92 Å². The average molecular weight is 138 g/mol. The van der Waals surface area contributed by atoms with Crippen LogP contribution in [0.2, 0.25) is 0 Å². The van der Waals surface area contributed by atoms with Crippen molar-refractivity contribution in [3.63, 3.8) is 0 Å². The Morgan fingerprint density at radius 3 is 2.70 bits per heavy atom. The number of aliphatic hydroxyl groups is 1. The van der Waals surface area contributed by atoms with E-state index in [2.05, 4.69) is 18.9 Å². The van der Waals surface area contributed by atoms with Gasteiger partial charge in [-0.05, 0) is 12.0 Å². The van der Waals surface area contributed by atoms with Crippen molar-refractivity contribution >= 4 is 0 Å². The van der Waals surface area contributed by atoms with Crippen LogP contribution >= 0.6 is 0 Å². The summed E-state index contributed by atoms with van der Waals surface area (Å²) in [5.74, 6) is 0.162. The molecule has 0 rings (SSSR count). The lowest BCUT2D eigenvalue weighted by molar-refractivity contribution is 0.255. The Labute approximate surface area is 62.4 Å². The van der Waals surface area contributed by atoms with Crippen LogP contribution in [0.25, 0.3) is 0 Å². The van der Waals surface area contributed by atoms with Crippen LogP contribution in [0.5, 0.6) is 0 Å². The molecule has 0 spiro atoms. The molecule has 0 aliphatic carbocycles. The maximum absolute atomic E-state index is 8.74. The van der Waals surface area contributed by atoms with Crippen molar-refractivity contribution in [1.29, 1.82) is 0 Å². The minimum atomic E-state index is 0.158. The van der Waals surface area contributed by atoms with Gasteiger partial charge >= 0.3 is 0 Å². The molecule has 0 aromatic carbocycles. The monoisotopic (exact) mass is 138 g/mol. The standard InChI is InChI=1S/C9H14O/c1-4-6-9(5-2)8(3)7-10/h4,8,10H,1-2,6-7H2,3H3. The van der Waals surface area contributed by atoms with Gasteiger partial charge in [0.1, 0.15) is 0 Å². The van der Waals surface area contributed by atoms with Crippen molar-refractivity contribution in [2.75, 3.05) is 6.61 Å². The number of allylic oxidation sites excluding steroid dienone is 1. The molecule has 0 saturated heterocycles. The minimum Gasteiger partial charge on any atom is -0.396 e. The molecule has 1 heteroatoms. The molecule has 0 aromatic rings. The molecule has 0 aliphatic rings. The maximum atomic E-state index is 8.74. The van der Waals surface area contributed by atoms with Gasteiger partial charge in [-0.3, -0.25) is 0 Å². The van der Waals surface area contributed by atoms with Gasteiger partial charge in [-0.1, -0.05) is 19.6 Å². The molecule has 56 valence electrons. The number of hydrogen-bond donors (Lipinski definition) is 1. The quantitative estimate of drug-likeness (QED) is 0.464. The molecule has 0 radical (unpaired) electrons. The van der Waals surface area contributed by atoms with E-state index in [1.165, 1.54) is 0 Å². The number of rotatable bonds is 4. The molecule has 1 atom stereocenters. The molecule has 1 unspecified atom stereocenters. The second-order valence-electron chi connectivity index (χ2n) is 2.28. The predicted octanol–water partition coefficient (Wildman–Crippen LogP) is 1.90. The van der Waals surface area contributed by atoms with E-state index in [0.717, 1.165) is 12.0 Å². The summed E-state index contributed by atoms with van der Waals surface area (Å²) in [6.07, 6.45) is 2.56. The van der Waals surface area contributed by atoms with E-state index in [0.29, 0.717) is 0 Å². The molecule has 10 heavy (non-hydrogen) atoms. The molecule has 0 saturated carbocycles.